The number of nitrogens with two attached hydrogens (primary N) is 1. The lowest BCUT2D eigenvalue weighted by Gasteiger charge is -2.14. The fourth-order valence-electron chi connectivity index (χ4n) is 2.01. The van der Waals surface area contributed by atoms with Gasteiger partial charge in [0.2, 0.25) is 10.0 Å². The molecule has 2 aromatic rings. The minimum absolute atomic E-state index is 0.0630. The van der Waals surface area contributed by atoms with Crippen LogP contribution in [-0.2, 0) is 19.9 Å². The molecule has 0 aromatic heterocycles. The molecular formula is C16H20N2O4S2. The van der Waals surface area contributed by atoms with Crippen LogP contribution in [0.25, 0.3) is 0 Å². The maximum atomic E-state index is 12.4. The van der Waals surface area contributed by atoms with Crippen molar-refractivity contribution in [2.45, 2.75) is 29.0 Å². The lowest BCUT2D eigenvalue weighted by Crippen LogP contribution is -2.42. The first-order chi connectivity index (χ1) is 11.1. The summed E-state index contributed by atoms with van der Waals surface area (Å²) >= 11 is 0. The zero-order chi connectivity index (χ0) is 18.0. The number of sulfone groups is 1. The van der Waals surface area contributed by atoms with E-state index < -0.39 is 31.8 Å². The average Bonchev–Trinajstić information content (AvgIpc) is 2.53. The van der Waals surface area contributed by atoms with Gasteiger partial charge >= 0.3 is 0 Å². The van der Waals surface area contributed by atoms with Crippen LogP contribution in [0.3, 0.4) is 0 Å². The van der Waals surface area contributed by atoms with Gasteiger partial charge < -0.3 is 5.73 Å². The highest BCUT2D eigenvalue weighted by molar-refractivity contribution is 7.92. The summed E-state index contributed by atoms with van der Waals surface area (Å²) in [5.41, 5.74) is 7.56. The first kappa shape index (κ1) is 18.6. The van der Waals surface area contributed by atoms with Gasteiger partial charge in [-0.25, -0.2) is 21.6 Å². The second-order valence-electron chi connectivity index (χ2n) is 5.56. The second-order valence-corrected chi connectivity index (χ2v) is 9.50. The van der Waals surface area contributed by atoms with Crippen molar-refractivity contribution in [3.63, 3.8) is 0 Å². The van der Waals surface area contributed by atoms with Crippen molar-refractivity contribution in [1.82, 2.24) is 4.72 Å². The summed E-state index contributed by atoms with van der Waals surface area (Å²) in [6, 6.07) is 12.5. The quantitative estimate of drug-likeness (QED) is 0.800. The van der Waals surface area contributed by atoms with E-state index >= 15 is 0 Å². The Bertz CT molecular complexity index is 904. The van der Waals surface area contributed by atoms with Gasteiger partial charge in [-0.2, -0.15) is 0 Å². The summed E-state index contributed by atoms with van der Waals surface area (Å²) in [5.74, 6) is 0. The smallest absolute Gasteiger partial charge is 0.240 e. The van der Waals surface area contributed by atoms with E-state index in [1.165, 1.54) is 24.3 Å². The van der Waals surface area contributed by atoms with Crippen molar-refractivity contribution >= 4 is 19.9 Å². The Balaban J connectivity index is 2.13. The first-order valence-corrected chi connectivity index (χ1v) is 10.3. The Kier molecular flexibility index (Phi) is 5.44. The standard InChI is InChI=1S/C16H20N2O4S2/c1-12-3-7-14(8-4-12)23(19,20)16(17)11-18-24(21,22)15-9-5-13(2)6-10-15/h3-10,16,18H,11,17H2,1-2H3. The Morgan fingerprint density at radius 1 is 0.833 bits per heavy atom. The van der Waals surface area contributed by atoms with Gasteiger partial charge in [0, 0.05) is 6.54 Å². The zero-order valence-corrected chi connectivity index (χ0v) is 15.1. The Hall–Kier alpha value is -1.74. The molecular weight excluding hydrogens is 348 g/mol. The van der Waals surface area contributed by atoms with Crippen LogP contribution in [0.2, 0.25) is 0 Å². The summed E-state index contributed by atoms with van der Waals surface area (Å²) in [6.07, 6.45) is 0. The predicted octanol–water partition coefficient (Wildman–Crippen LogP) is 1.34. The summed E-state index contributed by atoms with van der Waals surface area (Å²) in [7, 11) is -7.63. The molecule has 6 nitrogen and oxygen atoms in total. The van der Waals surface area contributed by atoms with Gasteiger partial charge in [0.25, 0.3) is 0 Å². The number of hydrogen-bond acceptors (Lipinski definition) is 5. The second kappa shape index (κ2) is 7.02. The molecule has 24 heavy (non-hydrogen) atoms. The lowest BCUT2D eigenvalue weighted by atomic mass is 10.2. The molecule has 2 rings (SSSR count). The van der Waals surface area contributed by atoms with Crippen molar-refractivity contribution in [2.75, 3.05) is 6.54 Å². The van der Waals surface area contributed by atoms with Crippen LogP contribution in [-0.4, -0.2) is 28.8 Å². The highest BCUT2D eigenvalue weighted by Gasteiger charge is 2.26. The van der Waals surface area contributed by atoms with Crippen molar-refractivity contribution in [3.8, 4) is 0 Å². The number of aryl methyl sites for hydroxylation is 2. The SMILES string of the molecule is Cc1ccc(S(=O)(=O)NCC(N)S(=O)(=O)c2ccc(C)cc2)cc1. The van der Waals surface area contributed by atoms with Gasteiger partial charge in [-0.1, -0.05) is 35.4 Å². The molecule has 3 N–H and O–H groups in total. The predicted molar refractivity (Wildman–Crippen MR) is 92.7 cm³/mol. The van der Waals surface area contributed by atoms with Crippen LogP contribution in [0.15, 0.2) is 58.3 Å². The van der Waals surface area contributed by atoms with Crippen molar-refractivity contribution in [2.24, 2.45) is 5.73 Å². The van der Waals surface area contributed by atoms with Crippen LogP contribution in [0.1, 0.15) is 11.1 Å². The van der Waals surface area contributed by atoms with Crippen LogP contribution < -0.4 is 10.5 Å². The molecule has 0 radical (unpaired) electrons. The molecule has 0 heterocycles. The van der Waals surface area contributed by atoms with E-state index in [1.807, 2.05) is 13.8 Å². The minimum atomic E-state index is -3.82. The van der Waals surface area contributed by atoms with E-state index in [0.29, 0.717) is 0 Å². The third-order valence-electron chi connectivity index (χ3n) is 3.55. The fraction of sp³-hybridized carbons (Fsp3) is 0.250. The number of rotatable bonds is 6. The number of benzene rings is 2. The van der Waals surface area contributed by atoms with E-state index in [1.54, 1.807) is 24.3 Å². The van der Waals surface area contributed by atoms with Crippen molar-refractivity contribution in [3.05, 3.63) is 59.7 Å². The van der Waals surface area contributed by atoms with Gasteiger partial charge in [0.1, 0.15) is 5.37 Å². The highest BCUT2D eigenvalue weighted by atomic mass is 32.2. The Labute approximate surface area is 142 Å². The molecule has 0 amide bonds. The van der Waals surface area contributed by atoms with Crippen LogP contribution in [0.5, 0.6) is 0 Å². The molecule has 0 spiro atoms. The van der Waals surface area contributed by atoms with Gasteiger partial charge in [-0.05, 0) is 38.1 Å². The normalized spacial score (nSPS) is 13.6. The topological polar surface area (TPSA) is 106 Å². The molecule has 1 atom stereocenters. The maximum absolute atomic E-state index is 12.4. The van der Waals surface area contributed by atoms with Gasteiger partial charge in [0.05, 0.1) is 9.79 Å². The molecule has 2 aromatic carbocycles. The van der Waals surface area contributed by atoms with E-state index in [-0.39, 0.29) is 9.79 Å². The number of nitrogens with one attached hydrogen (secondary N) is 1. The summed E-state index contributed by atoms with van der Waals surface area (Å²) in [6.45, 7) is 3.27. The van der Waals surface area contributed by atoms with E-state index in [9.17, 15) is 16.8 Å². The molecule has 0 aliphatic carbocycles. The third kappa shape index (κ3) is 4.21. The summed E-state index contributed by atoms with van der Waals surface area (Å²) in [4.78, 5) is 0.128. The van der Waals surface area contributed by atoms with Gasteiger partial charge in [-0.3, -0.25) is 0 Å². The Morgan fingerprint density at radius 2 is 1.25 bits per heavy atom. The van der Waals surface area contributed by atoms with E-state index in [4.69, 9.17) is 5.73 Å². The zero-order valence-electron chi connectivity index (χ0n) is 13.4. The van der Waals surface area contributed by atoms with Gasteiger partial charge in [0.15, 0.2) is 9.84 Å². The maximum Gasteiger partial charge on any atom is 0.240 e. The highest BCUT2D eigenvalue weighted by Crippen LogP contribution is 2.15. The largest absolute Gasteiger partial charge is 0.314 e. The van der Waals surface area contributed by atoms with Crippen molar-refractivity contribution < 1.29 is 16.8 Å². The third-order valence-corrected chi connectivity index (χ3v) is 6.89. The van der Waals surface area contributed by atoms with Crippen LogP contribution >= 0.6 is 0 Å². The molecule has 0 bridgehead atoms. The summed E-state index contributed by atoms with van der Waals surface area (Å²) < 4.78 is 51.4. The summed E-state index contributed by atoms with van der Waals surface area (Å²) in [5, 5.41) is -1.37. The van der Waals surface area contributed by atoms with Crippen LogP contribution in [0, 0.1) is 13.8 Å². The Morgan fingerprint density at radius 3 is 1.71 bits per heavy atom. The van der Waals surface area contributed by atoms with E-state index in [0.717, 1.165) is 11.1 Å². The monoisotopic (exact) mass is 368 g/mol. The average molecular weight is 368 g/mol. The number of hydrogen-bond donors (Lipinski definition) is 2. The van der Waals surface area contributed by atoms with Crippen molar-refractivity contribution in [1.29, 1.82) is 0 Å². The van der Waals surface area contributed by atoms with Gasteiger partial charge in [-0.15, -0.1) is 0 Å². The molecule has 0 saturated carbocycles. The molecule has 0 aliphatic rings. The first-order valence-electron chi connectivity index (χ1n) is 7.25. The molecule has 1 unspecified atom stereocenters. The number of sulfonamides is 1. The molecule has 0 fully saturated rings. The molecule has 130 valence electrons. The minimum Gasteiger partial charge on any atom is -0.314 e. The molecule has 8 heteroatoms. The lowest BCUT2D eigenvalue weighted by molar-refractivity contribution is 0.567. The van der Waals surface area contributed by atoms with Crippen LogP contribution in [0.4, 0.5) is 0 Å². The molecule has 0 saturated heterocycles. The van der Waals surface area contributed by atoms with E-state index in [2.05, 4.69) is 4.72 Å². The fourth-order valence-corrected chi connectivity index (χ4v) is 4.34. The molecule has 0 aliphatic heterocycles.